The lowest BCUT2D eigenvalue weighted by molar-refractivity contribution is -0.122. The van der Waals surface area contributed by atoms with Gasteiger partial charge in [-0.3, -0.25) is 4.79 Å². The van der Waals surface area contributed by atoms with Crippen molar-refractivity contribution in [3.63, 3.8) is 0 Å². The second-order valence-electron chi connectivity index (χ2n) is 5.43. The summed E-state index contributed by atoms with van der Waals surface area (Å²) in [6.07, 6.45) is 2.12. The Bertz CT molecular complexity index is 687. The zero-order valence-electron chi connectivity index (χ0n) is 13.5. The molecule has 1 amide bonds. The summed E-state index contributed by atoms with van der Waals surface area (Å²) in [4.78, 5) is 12.0. The quantitative estimate of drug-likeness (QED) is 0.831. The molecule has 0 aliphatic carbocycles. The highest BCUT2D eigenvalue weighted by atomic mass is 32.2. The van der Waals surface area contributed by atoms with Gasteiger partial charge in [0.2, 0.25) is 15.9 Å². The van der Waals surface area contributed by atoms with Crippen molar-refractivity contribution in [3.8, 4) is 11.5 Å². The molecule has 2 rings (SSSR count). The molecular weight excluding hydrogens is 320 g/mol. The first kappa shape index (κ1) is 17.6. The van der Waals surface area contributed by atoms with Crippen molar-refractivity contribution < 1.29 is 22.7 Å². The monoisotopic (exact) mass is 342 g/mol. The minimum absolute atomic E-state index is 0.0761. The normalized spacial score (nSPS) is 18.9. The van der Waals surface area contributed by atoms with Gasteiger partial charge < -0.3 is 14.8 Å². The molecular formula is C15H22N2O5S. The molecule has 1 unspecified atom stereocenters. The third kappa shape index (κ3) is 3.94. The average Bonchev–Trinajstić information content (AvgIpc) is 2.71. The van der Waals surface area contributed by atoms with Gasteiger partial charge >= 0.3 is 0 Å². The summed E-state index contributed by atoms with van der Waals surface area (Å²) >= 11 is 0. The van der Waals surface area contributed by atoms with Crippen LogP contribution in [0.15, 0.2) is 17.0 Å². The highest BCUT2D eigenvalue weighted by Gasteiger charge is 2.28. The Morgan fingerprint density at radius 1 is 1.17 bits per heavy atom. The maximum Gasteiger partial charge on any atom is 0.241 e. The molecule has 1 heterocycles. The van der Waals surface area contributed by atoms with E-state index in [1.54, 1.807) is 13.0 Å². The van der Waals surface area contributed by atoms with Gasteiger partial charge in [0.05, 0.1) is 19.1 Å². The summed E-state index contributed by atoms with van der Waals surface area (Å²) in [6, 6.07) is 2.25. The third-order valence-electron chi connectivity index (χ3n) is 3.80. The van der Waals surface area contributed by atoms with Crippen LogP contribution in [0.25, 0.3) is 0 Å². The number of ether oxygens (including phenoxy) is 2. The van der Waals surface area contributed by atoms with Gasteiger partial charge in [0.25, 0.3) is 0 Å². The molecule has 0 spiro atoms. The second kappa shape index (κ2) is 7.18. The van der Waals surface area contributed by atoms with Gasteiger partial charge in [0, 0.05) is 12.6 Å². The Morgan fingerprint density at radius 2 is 1.83 bits per heavy atom. The maximum absolute atomic E-state index is 12.7. The number of carbonyl (C=O) groups is 1. The van der Waals surface area contributed by atoms with E-state index in [9.17, 15) is 13.2 Å². The van der Waals surface area contributed by atoms with Crippen LogP contribution in [0, 0.1) is 6.92 Å². The Morgan fingerprint density at radius 3 is 2.48 bits per heavy atom. The minimum Gasteiger partial charge on any atom is -0.493 e. The first-order valence-corrected chi connectivity index (χ1v) is 8.90. The summed E-state index contributed by atoms with van der Waals surface area (Å²) in [5.74, 6) is 0.490. The van der Waals surface area contributed by atoms with E-state index in [1.807, 2.05) is 0 Å². The van der Waals surface area contributed by atoms with Crippen LogP contribution in [0.5, 0.6) is 11.5 Å². The van der Waals surface area contributed by atoms with Crippen molar-refractivity contribution in [2.45, 2.75) is 37.1 Å². The largest absolute Gasteiger partial charge is 0.493 e. The van der Waals surface area contributed by atoms with Gasteiger partial charge in [-0.1, -0.05) is 0 Å². The van der Waals surface area contributed by atoms with Crippen molar-refractivity contribution in [2.24, 2.45) is 0 Å². The molecule has 23 heavy (non-hydrogen) atoms. The van der Waals surface area contributed by atoms with Crippen molar-refractivity contribution in [1.29, 1.82) is 0 Å². The van der Waals surface area contributed by atoms with E-state index in [0.29, 0.717) is 30.0 Å². The molecule has 7 nitrogen and oxygen atoms in total. The Labute approximate surface area is 136 Å². The van der Waals surface area contributed by atoms with Crippen LogP contribution in [0.3, 0.4) is 0 Å². The number of hydrogen-bond acceptors (Lipinski definition) is 5. The van der Waals surface area contributed by atoms with Crippen molar-refractivity contribution in [2.75, 3.05) is 20.8 Å². The van der Waals surface area contributed by atoms with Gasteiger partial charge in [-0.25, -0.2) is 8.42 Å². The van der Waals surface area contributed by atoms with Gasteiger partial charge in [-0.15, -0.1) is 0 Å². The van der Waals surface area contributed by atoms with E-state index in [2.05, 4.69) is 10.0 Å². The van der Waals surface area contributed by atoms with Crippen LogP contribution >= 0.6 is 0 Å². The number of rotatable bonds is 5. The Balaban J connectivity index is 2.33. The van der Waals surface area contributed by atoms with Crippen LogP contribution in [-0.4, -0.2) is 41.1 Å². The van der Waals surface area contributed by atoms with Gasteiger partial charge in [-0.2, -0.15) is 4.72 Å². The van der Waals surface area contributed by atoms with E-state index in [0.717, 1.165) is 12.8 Å². The molecule has 128 valence electrons. The number of methoxy groups -OCH3 is 2. The van der Waals surface area contributed by atoms with Crippen LogP contribution in [0.1, 0.15) is 24.8 Å². The molecule has 1 aromatic rings. The number of nitrogens with one attached hydrogen (secondary N) is 2. The molecule has 1 aliphatic heterocycles. The molecule has 1 fully saturated rings. The molecule has 0 saturated carbocycles. The lowest BCUT2D eigenvalue weighted by atomic mass is 10.1. The SMILES string of the molecule is COc1cc(C)c(S(=O)(=O)NC2CCCCNC2=O)cc1OC. The van der Waals surface area contributed by atoms with Crippen LogP contribution in [-0.2, 0) is 14.8 Å². The van der Waals surface area contributed by atoms with Crippen LogP contribution in [0.4, 0.5) is 0 Å². The highest BCUT2D eigenvalue weighted by molar-refractivity contribution is 7.89. The summed E-state index contributed by atoms with van der Waals surface area (Å²) < 4.78 is 38.1. The predicted octanol–water partition coefficient (Wildman–Crippen LogP) is 0.959. The van der Waals surface area contributed by atoms with E-state index >= 15 is 0 Å². The molecule has 1 aliphatic rings. The molecule has 0 radical (unpaired) electrons. The van der Waals surface area contributed by atoms with E-state index in [-0.39, 0.29) is 10.8 Å². The summed E-state index contributed by atoms with van der Waals surface area (Å²) in [5.41, 5.74) is 0.518. The number of benzene rings is 1. The van der Waals surface area contributed by atoms with E-state index < -0.39 is 16.1 Å². The van der Waals surface area contributed by atoms with Crippen LogP contribution < -0.4 is 19.5 Å². The zero-order valence-corrected chi connectivity index (χ0v) is 14.3. The number of hydrogen-bond donors (Lipinski definition) is 2. The second-order valence-corrected chi connectivity index (χ2v) is 7.12. The number of carbonyl (C=O) groups excluding carboxylic acids is 1. The summed E-state index contributed by atoms with van der Waals surface area (Å²) in [7, 11) is -0.918. The van der Waals surface area contributed by atoms with Crippen molar-refractivity contribution in [3.05, 3.63) is 17.7 Å². The molecule has 2 N–H and O–H groups in total. The first-order chi connectivity index (χ1) is 10.9. The van der Waals surface area contributed by atoms with E-state index in [4.69, 9.17) is 9.47 Å². The van der Waals surface area contributed by atoms with Crippen molar-refractivity contribution >= 4 is 15.9 Å². The van der Waals surface area contributed by atoms with E-state index in [1.165, 1.54) is 20.3 Å². The smallest absolute Gasteiger partial charge is 0.241 e. The number of aryl methyl sites for hydroxylation is 1. The van der Waals surface area contributed by atoms with Gasteiger partial charge in [0.15, 0.2) is 11.5 Å². The molecule has 1 saturated heterocycles. The molecule has 1 atom stereocenters. The average molecular weight is 342 g/mol. The highest BCUT2D eigenvalue weighted by Crippen LogP contribution is 2.32. The Kier molecular flexibility index (Phi) is 5.48. The zero-order chi connectivity index (χ0) is 17.0. The minimum atomic E-state index is -3.84. The third-order valence-corrected chi connectivity index (χ3v) is 5.42. The fourth-order valence-electron chi connectivity index (χ4n) is 2.55. The first-order valence-electron chi connectivity index (χ1n) is 7.41. The van der Waals surface area contributed by atoms with Gasteiger partial charge in [0.1, 0.15) is 6.04 Å². The molecule has 0 bridgehead atoms. The van der Waals surface area contributed by atoms with Crippen LogP contribution in [0.2, 0.25) is 0 Å². The predicted molar refractivity (Wildman–Crippen MR) is 85.3 cm³/mol. The summed E-state index contributed by atoms with van der Waals surface area (Å²) in [5, 5.41) is 2.71. The fourth-order valence-corrected chi connectivity index (χ4v) is 4.03. The summed E-state index contributed by atoms with van der Waals surface area (Å²) in [6.45, 7) is 2.25. The fraction of sp³-hybridized carbons (Fsp3) is 0.533. The molecule has 0 aromatic heterocycles. The number of amides is 1. The van der Waals surface area contributed by atoms with Crippen molar-refractivity contribution in [1.82, 2.24) is 10.0 Å². The lowest BCUT2D eigenvalue weighted by Crippen LogP contribution is -2.45. The Hall–Kier alpha value is -1.80. The van der Waals surface area contributed by atoms with Gasteiger partial charge in [-0.05, 0) is 37.8 Å². The topological polar surface area (TPSA) is 93.7 Å². The maximum atomic E-state index is 12.7. The molecule has 1 aromatic carbocycles. The molecule has 8 heteroatoms. The lowest BCUT2D eigenvalue weighted by Gasteiger charge is -2.18. The standard InChI is InChI=1S/C15H22N2O5S/c1-10-8-12(21-2)13(22-3)9-14(10)23(19,20)17-11-6-4-5-7-16-15(11)18/h8-9,11,17H,4-7H2,1-3H3,(H,16,18). The number of sulfonamides is 1.